The van der Waals surface area contributed by atoms with Crippen molar-refractivity contribution in [2.24, 2.45) is 11.1 Å². The van der Waals surface area contributed by atoms with Crippen LogP contribution in [0.1, 0.15) is 19.4 Å². The average molecular weight is 259 g/mol. The van der Waals surface area contributed by atoms with E-state index < -0.39 is 5.41 Å². The van der Waals surface area contributed by atoms with E-state index in [1.807, 2.05) is 6.07 Å². The van der Waals surface area contributed by atoms with E-state index in [4.69, 9.17) is 5.73 Å². The predicted molar refractivity (Wildman–Crippen MR) is 70.0 cm³/mol. The Morgan fingerprint density at radius 3 is 2.65 bits per heavy atom. The predicted octanol–water partition coefficient (Wildman–Crippen LogP) is 1.42. The lowest BCUT2D eigenvalue weighted by molar-refractivity contribution is -0.125. The Hall–Kier alpha value is -1.26. The highest BCUT2D eigenvalue weighted by molar-refractivity contribution is 5.85. The van der Waals surface area contributed by atoms with Gasteiger partial charge in [-0.2, -0.15) is 0 Å². The van der Waals surface area contributed by atoms with Gasteiger partial charge in [0.1, 0.15) is 5.75 Å². The van der Waals surface area contributed by atoms with Crippen molar-refractivity contribution in [2.45, 2.75) is 20.4 Å². The number of carbonyl (C=O) groups excluding carboxylic acids is 1. The Morgan fingerprint density at radius 2 is 2.12 bits per heavy atom. The van der Waals surface area contributed by atoms with E-state index in [1.54, 1.807) is 32.0 Å². The summed E-state index contributed by atoms with van der Waals surface area (Å²) in [6.45, 7) is 4.71. The van der Waals surface area contributed by atoms with Crippen LogP contribution < -0.4 is 11.1 Å². The van der Waals surface area contributed by atoms with E-state index in [0.717, 1.165) is 5.56 Å². The molecule has 0 saturated heterocycles. The number of halogens is 1. The summed E-state index contributed by atoms with van der Waals surface area (Å²) >= 11 is 0. The molecule has 0 aliphatic heterocycles. The number of nitrogens with one attached hydrogen (secondary N) is 1. The van der Waals surface area contributed by atoms with Gasteiger partial charge in [-0.1, -0.05) is 12.1 Å². The second-order valence-electron chi connectivity index (χ2n) is 4.52. The molecule has 1 amide bonds. The van der Waals surface area contributed by atoms with Crippen molar-refractivity contribution in [1.82, 2.24) is 5.32 Å². The van der Waals surface area contributed by atoms with Crippen molar-refractivity contribution in [3.63, 3.8) is 0 Å². The zero-order valence-corrected chi connectivity index (χ0v) is 10.9. The molecule has 0 aromatic heterocycles. The Bertz CT molecular complexity index is 381. The number of phenols is 1. The van der Waals surface area contributed by atoms with Crippen molar-refractivity contribution >= 4 is 18.3 Å². The molecule has 0 bridgehead atoms. The molecule has 0 atom stereocenters. The quantitative estimate of drug-likeness (QED) is 0.748. The number of rotatable bonds is 5. The highest BCUT2D eigenvalue weighted by Crippen LogP contribution is 2.13. The van der Waals surface area contributed by atoms with Gasteiger partial charge in [0, 0.05) is 13.1 Å². The Labute approximate surface area is 108 Å². The largest absolute Gasteiger partial charge is 0.508 e. The van der Waals surface area contributed by atoms with E-state index >= 15 is 0 Å². The first-order chi connectivity index (χ1) is 7.42. The summed E-state index contributed by atoms with van der Waals surface area (Å²) in [5.74, 6) is -0.0793. The Kier molecular flexibility index (Phi) is 5.99. The lowest BCUT2D eigenvalue weighted by atomic mass is 9.93. The number of hydrogen-bond donors (Lipinski definition) is 3. The molecule has 96 valence electrons. The molecule has 4 nitrogen and oxygen atoms in total. The maximum Gasteiger partial charge on any atom is 0.224 e. The van der Waals surface area contributed by atoms with Crippen molar-refractivity contribution in [1.29, 1.82) is 0 Å². The Morgan fingerprint density at radius 1 is 1.47 bits per heavy atom. The molecule has 17 heavy (non-hydrogen) atoms. The normalized spacial score (nSPS) is 10.7. The number of nitrogens with two attached hydrogens (primary N) is 1. The third-order valence-electron chi connectivity index (χ3n) is 2.47. The third-order valence-corrected chi connectivity index (χ3v) is 2.47. The minimum atomic E-state index is -0.559. The number of benzene rings is 1. The van der Waals surface area contributed by atoms with Crippen molar-refractivity contribution in [3.05, 3.63) is 29.8 Å². The van der Waals surface area contributed by atoms with Gasteiger partial charge in [-0.3, -0.25) is 4.79 Å². The molecule has 0 unspecified atom stereocenters. The smallest absolute Gasteiger partial charge is 0.224 e. The molecular weight excluding hydrogens is 240 g/mol. The first-order valence-electron chi connectivity index (χ1n) is 5.20. The number of phenolic OH excluding ortho intramolecular Hbond substituents is 1. The van der Waals surface area contributed by atoms with Crippen LogP contribution in [0.2, 0.25) is 0 Å². The van der Waals surface area contributed by atoms with Gasteiger partial charge >= 0.3 is 0 Å². The number of aromatic hydroxyl groups is 1. The number of primary amides is 1. The molecule has 1 aromatic rings. The molecule has 0 aliphatic carbocycles. The highest BCUT2D eigenvalue weighted by Gasteiger charge is 2.23. The van der Waals surface area contributed by atoms with Crippen LogP contribution in [0.15, 0.2) is 24.3 Å². The summed E-state index contributed by atoms with van der Waals surface area (Å²) in [5.41, 5.74) is 5.67. The van der Waals surface area contributed by atoms with Crippen LogP contribution in [0, 0.1) is 5.41 Å². The van der Waals surface area contributed by atoms with Crippen LogP contribution in [0.25, 0.3) is 0 Å². The number of hydrogen-bond acceptors (Lipinski definition) is 3. The fourth-order valence-electron chi connectivity index (χ4n) is 1.27. The zero-order chi connectivity index (χ0) is 12.2. The van der Waals surface area contributed by atoms with Gasteiger partial charge in [0.15, 0.2) is 0 Å². The molecule has 0 spiro atoms. The molecule has 0 heterocycles. The second-order valence-corrected chi connectivity index (χ2v) is 4.52. The first-order valence-corrected chi connectivity index (χ1v) is 5.20. The standard InChI is InChI=1S/C12H18N2O2.ClH/c1-12(2,11(13)16)8-14-7-9-4-3-5-10(15)6-9;/h3-6,14-15H,7-8H2,1-2H3,(H2,13,16);1H. The Balaban J connectivity index is 0.00000256. The van der Waals surface area contributed by atoms with Crippen LogP contribution in [0.5, 0.6) is 5.75 Å². The topological polar surface area (TPSA) is 75.3 Å². The van der Waals surface area contributed by atoms with Crippen LogP contribution >= 0.6 is 12.4 Å². The van der Waals surface area contributed by atoms with Gasteiger partial charge < -0.3 is 16.2 Å². The van der Waals surface area contributed by atoms with E-state index in [-0.39, 0.29) is 24.1 Å². The SMILES string of the molecule is CC(C)(CNCc1cccc(O)c1)C(N)=O.Cl. The molecule has 0 fully saturated rings. The minimum absolute atomic E-state index is 0. The molecule has 4 N–H and O–H groups in total. The monoisotopic (exact) mass is 258 g/mol. The lowest BCUT2D eigenvalue weighted by Gasteiger charge is -2.20. The average Bonchev–Trinajstić information content (AvgIpc) is 2.17. The maximum absolute atomic E-state index is 11.1. The molecule has 0 saturated carbocycles. The molecule has 1 aromatic carbocycles. The van der Waals surface area contributed by atoms with E-state index in [9.17, 15) is 9.90 Å². The molecule has 5 heteroatoms. The summed E-state index contributed by atoms with van der Waals surface area (Å²) in [6, 6.07) is 7.00. The van der Waals surface area contributed by atoms with E-state index in [2.05, 4.69) is 5.32 Å². The fourth-order valence-corrected chi connectivity index (χ4v) is 1.27. The minimum Gasteiger partial charge on any atom is -0.508 e. The summed E-state index contributed by atoms with van der Waals surface area (Å²) in [5, 5.41) is 12.4. The summed E-state index contributed by atoms with van der Waals surface area (Å²) < 4.78 is 0. The summed E-state index contributed by atoms with van der Waals surface area (Å²) in [6.07, 6.45) is 0. The van der Waals surface area contributed by atoms with Gasteiger partial charge in [-0.25, -0.2) is 0 Å². The van der Waals surface area contributed by atoms with Crippen LogP contribution in [-0.4, -0.2) is 17.6 Å². The third kappa shape index (κ3) is 5.06. The van der Waals surface area contributed by atoms with Gasteiger partial charge in [0.25, 0.3) is 0 Å². The van der Waals surface area contributed by atoms with Crippen LogP contribution in [-0.2, 0) is 11.3 Å². The number of carbonyl (C=O) groups is 1. The van der Waals surface area contributed by atoms with E-state index in [0.29, 0.717) is 13.1 Å². The van der Waals surface area contributed by atoms with Crippen LogP contribution in [0.4, 0.5) is 0 Å². The van der Waals surface area contributed by atoms with Crippen molar-refractivity contribution < 1.29 is 9.90 Å². The van der Waals surface area contributed by atoms with Gasteiger partial charge in [-0.15, -0.1) is 12.4 Å². The summed E-state index contributed by atoms with van der Waals surface area (Å²) in [7, 11) is 0. The van der Waals surface area contributed by atoms with E-state index in [1.165, 1.54) is 0 Å². The van der Waals surface area contributed by atoms with Gasteiger partial charge in [0.2, 0.25) is 5.91 Å². The second kappa shape index (κ2) is 6.47. The maximum atomic E-state index is 11.1. The van der Waals surface area contributed by atoms with Gasteiger partial charge in [0.05, 0.1) is 5.41 Å². The van der Waals surface area contributed by atoms with Gasteiger partial charge in [-0.05, 0) is 31.5 Å². The summed E-state index contributed by atoms with van der Waals surface area (Å²) in [4.78, 5) is 11.1. The first kappa shape index (κ1) is 15.7. The highest BCUT2D eigenvalue weighted by atomic mass is 35.5. The number of amides is 1. The zero-order valence-electron chi connectivity index (χ0n) is 10.1. The lowest BCUT2D eigenvalue weighted by Crippen LogP contribution is -2.40. The molecular formula is C12H19ClN2O2. The molecule has 0 aliphatic rings. The van der Waals surface area contributed by atoms with Crippen LogP contribution in [0.3, 0.4) is 0 Å². The van der Waals surface area contributed by atoms with Crippen molar-refractivity contribution in [2.75, 3.05) is 6.54 Å². The fraction of sp³-hybridized carbons (Fsp3) is 0.417. The van der Waals surface area contributed by atoms with Crippen molar-refractivity contribution in [3.8, 4) is 5.75 Å². The molecule has 0 radical (unpaired) electrons. The molecule has 1 rings (SSSR count).